The van der Waals surface area contributed by atoms with Crippen molar-refractivity contribution in [2.75, 3.05) is 25.1 Å². The molecule has 0 spiro atoms. The maximum absolute atomic E-state index is 12.0. The largest absolute Gasteiger partial charge is 0.495 e. The molecule has 0 radical (unpaired) electrons. The summed E-state index contributed by atoms with van der Waals surface area (Å²) in [4.78, 5) is 13.8. The van der Waals surface area contributed by atoms with Gasteiger partial charge in [-0.3, -0.25) is 4.79 Å². The Bertz CT molecular complexity index is 392. The SMILES string of the molecule is COc1ccccc1N1CCNC(C)C1=O. The molecular weight excluding hydrogens is 204 g/mol. The summed E-state index contributed by atoms with van der Waals surface area (Å²) in [5, 5.41) is 3.14. The van der Waals surface area contributed by atoms with Crippen LogP contribution in [0.5, 0.6) is 5.75 Å². The van der Waals surface area contributed by atoms with Gasteiger partial charge >= 0.3 is 0 Å². The van der Waals surface area contributed by atoms with E-state index in [2.05, 4.69) is 5.32 Å². The van der Waals surface area contributed by atoms with Gasteiger partial charge in [0.1, 0.15) is 5.75 Å². The smallest absolute Gasteiger partial charge is 0.243 e. The first-order chi connectivity index (χ1) is 7.74. The summed E-state index contributed by atoms with van der Waals surface area (Å²) < 4.78 is 5.27. The number of methoxy groups -OCH3 is 1. The lowest BCUT2D eigenvalue weighted by molar-refractivity contribution is -0.121. The fraction of sp³-hybridized carbons (Fsp3) is 0.417. The third-order valence-electron chi connectivity index (χ3n) is 2.80. The number of anilines is 1. The first-order valence-corrected chi connectivity index (χ1v) is 5.42. The molecule has 86 valence electrons. The molecule has 1 amide bonds. The highest BCUT2D eigenvalue weighted by atomic mass is 16.5. The summed E-state index contributed by atoms with van der Waals surface area (Å²) >= 11 is 0. The molecule has 1 unspecified atom stereocenters. The van der Waals surface area contributed by atoms with Gasteiger partial charge in [0.25, 0.3) is 0 Å². The number of piperazine rings is 1. The van der Waals surface area contributed by atoms with Gasteiger partial charge in [0.05, 0.1) is 18.8 Å². The molecule has 1 aromatic carbocycles. The molecule has 1 N–H and O–H groups in total. The van der Waals surface area contributed by atoms with Crippen LogP contribution in [0.3, 0.4) is 0 Å². The van der Waals surface area contributed by atoms with Gasteiger partial charge < -0.3 is 15.0 Å². The number of hydrogen-bond acceptors (Lipinski definition) is 3. The summed E-state index contributed by atoms with van der Waals surface area (Å²) in [5.74, 6) is 0.834. The number of para-hydroxylation sites is 2. The zero-order chi connectivity index (χ0) is 11.5. The van der Waals surface area contributed by atoms with Crippen LogP contribution in [0, 0.1) is 0 Å². The molecule has 0 bridgehead atoms. The van der Waals surface area contributed by atoms with E-state index in [1.807, 2.05) is 31.2 Å². The highest BCUT2D eigenvalue weighted by molar-refractivity contribution is 5.98. The highest BCUT2D eigenvalue weighted by Gasteiger charge is 2.27. The molecule has 4 nitrogen and oxygen atoms in total. The van der Waals surface area contributed by atoms with Crippen molar-refractivity contribution in [1.29, 1.82) is 0 Å². The number of carbonyl (C=O) groups is 1. The van der Waals surface area contributed by atoms with Crippen molar-refractivity contribution in [3.8, 4) is 5.75 Å². The molecule has 1 fully saturated rings. The minimum atomic E-state index is -0.126. The van der Waals surface area contributed by atoms with Crippen LogP contribution in [0.15, 0.2) is 24.3 Å². The monoisotopic (exact) mass is 220 g/mol. The molecule has 2 rings (SSSR count). The van der Waals surface area contributed by atoms with Crippen LogP contribution in [-0.2, 0) is 4.79 Å². The lowest BCUT2D eigenvalue weighted by atomic mass is 10.2. The minimum Gasteiger partial charge on any atom is -0.495 e. The van der Waals surface area contributed by atoms with Crippen molar-refractivity contribution < 1.29 is 9.53 Å². The molecule has 0 aromatic heterocycles. The molecule has 1 saturated heterocycles. The van der Waals surface area contributed by atoms with Crippen LogP contribution < -0.4 is 15.0 Å². The Morgan fingerprint density at radius 1 is 1.44 bits per heavy atom. The molecule has 4 heteroatoms. The lowest BCUT2D eigenvalue weighted by Crippen LogP contribution is -2.53. The Labute approximate surface area is 95.2 Å². The van der Waals surface area contributed by atoms with E-state index in [0.29, 0.717) is 6.54 Å². The second-order valence-electron chi connectivity index (χ2n) is 3.84. The zero-order valence-electron chi connectivity index (χ0n) is 9.56. The van der Waals surface area contributed by atoms with Crippen LogP contribution in [0.2, 0.25) is 0 Å². The van der Waals surface area contributed by atoms with E-state index >= 15 is 0 Å². The Balaban J connectivity index is 2.32. The standard InChI is InChI=1S/C12H16N2O2/c1-9-12(15)14(8-7-13-9)10-5-3-4-6-11(10)16-2/h3-6,9,13H,7-8H2,1-2H3. The van der Waals surface area contributed by atoms with E-state index in [1.54, 1.807) is 12.0 Å². The number of amides is 1. The van der Waals surface area contributed by atoms with Gasteiger partial charge in [-0.25, -0.2) is 0 Å². The van der Waals surface area contributed by atoms with Gasteiger partial charge in [-0.2, -0.15) is 0 Å². The molecule has 16 heavy (non-hydrogen) atoms. The van der Waals surface area contributed by atoms with E-state index in [-0.39, 0.29) is 11.9 Å². The van der Waals surface area contributed by atoms with Gasteiger partial charge in [-0.05, 0) is 19.1 Å². The van der Waals surface area contributed by atoms with Crippen LogP contribution in [-0.4, -0.2) is 32.1 Å². The van der Waals surface area contributed by atoms with E-state index in [4.69, 9.17) is 4.74 Å². The van der Waals surface area contributed by atoms with Gasteiger partial charge in [-0.1, -0.05) is 12.1 Å². The molecular formula is C12H16N2O2. The Morgan fingerprint density at radius 3 is 2.94 bits per heavy atom. The second-order valence-corrected chi connectivity index (χ2v) is 3.84. The molecule has 1 aliphatic heterocycles. The fourth-order valence-corrected chi connectivity index (χ4v) is 1.92. The quantitative estimate of drug-likeness (QED) is 0.809. The summed E-state index contributed by atoms with van der Waals surface area (Å²) in [6, 6.07) is 7.47. The van der Waals surface area contributed by atoms with E-state index in [9.17, 15) is 4.79 Å². The molecule has 1 atom stereocenters. The summed E-state index contributed by atoms with van der Waals surface area (Å²) in [6.07, 6.45) is 0. The molecule has 0 aliphatic carbocycles. The first-order valence-electron chi connectivity index (χ1n) is 5.42. The van der Waals surface area contributed by atoms with E-state index in [0.717, 1.165) is 18.0 Å². The van der Waals surface area contributed by atoms with Crippen molar-refractivity contribution in [3.63, 3.8) is 0 Å². The number of rotatable bonds is 2. The fourth-order valence-electron chi connectivity index (χ4n) is 1.92. The third kappa shape index (κ3) is 1.88. The normalized spacial score (nSPS) is 21.0. The van der Waals surface area contributed by atoms with Gasteiger partial charge in [0.15, 0.2) is 0 Å². The van der Waals surface area contributed by atoms with Crippen LogP contribution >= 0.6 is 0 Å². The Kier molecular flexibility index (Phi) is 3.10. The first kappa shape index (κ1) is 11.0. The number of ether oxygens (including phenoxy) is 1. The maximum atomic E-state index is 12.0. The van der Waals surface area contributed by atoms with Crippen molar-refractivity contribution in [3.05, 3.63) is 24.3 Å². The molecule has 1 heterocycles. The average Bonchev–Trinajstić information content (AvgIpc) is 2.33. The van der Waals surface area contributed by atoms with Crippen molar-refractivity contribution >= 4 is 11.6 Å². The summed E-state index contributed by atoms with van der Waals surface area (Å²) in [5.41, 5.74) is 0.850. The number of nitrogens with one attached hydrogen (secondary N) is 1. The molecule has 0 saturated carbocycles. The van der Waals surface area contributed by atoms with Gasteiger partial charge in [-0.15, -0.1) is 0 Å². The van der Waals surface area contributed by atoms with Crippen molar-refractivity contribution in [2.45, 2.75) is 13.0 Å². The predicted octanol–water partition coefficient (Wildman–Crippen LogP) is 1.02. The van der Waals surface area contributed by atoms with Crippen molar-refractivity contribution in [2.24, 2.45) is 0 Å². The third-order valence-corrected chi connectivity index (χ3v) is 2.80. The summed E-state index contributed by atoms with van der Waals surface area (Å²) in [7, 11) is 1.62. The zero-order valence-corrected chi connectivity index (χ0v) is 9.56. The average molecular weight is 220 g/mol. The van der Waals surface area contributed by atoms with E-state index in [1.165, 1.54) is 0 Å². The second kappa shape index (κ2) is 4.53. The molecule has 1 aromatic rings. The van der Waals surface area contributed by atoms with Crippen molar-refractivity contribution in [1.82, 2.24) is 5.32 Å². The topological polar surface area (TPSA) is 41.6 Å². The summed E-state index contributed by atoms with van der Waals surface area (Å²) in [6.45, 7) is 3.37. The molecule has 1 aliphatic rings. The predicted molar refractivity (Wildman–Crippen MR) is 62.8 cm³/mol. The van der Waals surface area contributed by atoms with Crippen LogP contribution in [0.4, 0.5) is 5.69 Å². The van der Waals surface area contributed by atoms with E-state index < -0.39 is 0 Å². The Hall–Kier alpha value is -1.55. The maximum Gasteiger partial charge on any atom is 0.243 e. The number of hydrogen-bond donors (Lipinski definition) is 1. The minimum absolute atomic E-state index is 0.0933. The number of benzene rings is 1. The number of carbonyl (C=O) groups excluding carboxylic acids is 1. The van der Waals surface area contributed by atoms with Crippen LogP contribution in [0.25, 0.3) is 0 Å². The Morgan fingerprint density at radius 2 is 2.19 bits per heavy atom. The van der Waals surface area contributed by atoms with Gasteiger partial charge in [0, 0.05) is 13.1 Å². The number of nitrogens with zero attached hydrogens (tertiary/aromatic N) is 1. The van der Waals surface area contributed by atoms with Crippen LogP contribution in [0.1, 0.15) is 6.92 Å². The lowest BCUT2D eigenvalue weighted by Gasteiger charge is -2.32. The van der Waals surface area contributed by atoms with Gasteiger partial charge in [0.2, 0.25) is 5.91 Å². The highest BCUT2D eigenvalue weighted by Crippen LogP contribution is 2.28.